The van der Waals surface area contributed by atoms with Crippen LogP contribution in [0.15, 0.2) is 30.6 Å². The number of hydrogen-bond acceptors (Lipinski definition) is 3. The van der Waals surface area contributed by atoms with Crippen molar-refractivity contribution in [2.75, 3.05) is 11.1 Å². The van der Waals surface area contributed by atoms with Crippen LogP contribution in [0.1, 0.15) is 34.9 Å². The lowest BCUT2D eigenvalue weighted by Gasteiger charge is -2.08. The molecule has 1 fully saturated rings. The summed E-state index contributed by atoms with van der Waals surface area (Å²) in [6.45, 7) is 1.96. The van der Waals surface area contributed by atoms with Crippen molar-refractivity contribution in [2.24, 2.45) is 0 Å². The number of carbonyl (C=O) groups excluding carboxylic acids is 1. The highest BCUT2D eigenvalue weighted by Gasteiger charge is 2.27. The monoisotopic (exact) mass is 256 g/mol. The van der Waals surface area contributed by atoms with Crippen LogP contribution in [0.5, 0.6) is 0 Å². The van der Waals surface area contributed by atoms with Gasteiger partial charge in [0.05, 0.1) is 5.69 Å². The summed E-state index contributed by atoms with van der Waals surface area (Å²) in [6.07, 6.45) is 5.77. The van der Waals surface area contributed by atoms with Crippen LogP contribution < -0.4 is 11.1 Å². The maximum absolute atomic E-state index is 12.2. The van der Waals surface area contributed by atoms with Gasteiger partial charge in [0, 0.05) is 18.4 Å². The Morgan fingerprint density at radius 2 is 2.26 bits per heavy atom. The summed E-state index contributed by atoms with van der Waals surface area (Å²) in [5.74, 6) is 0.387. The van der Waals surface area contributed by atoms with E-state index in [9.17, 15) is 4.79 Å². The maximum atomic E-state index is 12.2. The lowest BCUT2D eigenvalue weighted by molar-refractivity contribution is 0.101. The van der Waals surface area contributed by atoms with Crippen molar-refractivity contribution in [1.29, 1.82) is 0 Å². The predicted octanol–water partition coefficient (Wildman–Crippen LogP) is 2.36. The van der Waals surface area contributed by atoms with E-state index in [-0.39, 0.29) is 5.91 Å². The summed E-state index contributed by atoms with van der Waals surface area (Å²) < 4.78 is 1.96. The molecule has 0 aliphatic heterocycles. The Bertz CT molecular complexity index is 611. The van der Waals surface area contributed by atoms with Gasteiger partial charge in [0.25, 0.3) is 5.91 Å². The summed E-state index contributed by atoms with van der Waals surface area (Å²) in [6, 6.07) is 5.84. The summed E-state index contributed by atoms with van der Waals surface area (Å²) in [5, 5.41) is 2.80. The van der Waals surface area contributed by atoms with Crippen molar-refractivity contribution in [3.05, 3.63) is 41.9 Å². The minimum atomic E-state index is -0.167. The fourth-order valence-electron chi connectivity index (χ4n) is 2.06. The largest absolute Gasteiger partial charge is 0.397 e. The van der Waals surface area contributed by atoms with Crippen LogP contribution in [0, 0.1) is 6.92 Å². The van der Waals surface area contributed by atoms with Crippen LogP contribution in [0.3, 0.4) is 0 Å². The molecule has 2 aromatic heterocycles. The number of hydrogen-bond donors (Lipinski definition) is 2. The first kappa shape index (κ1) is 11.8. The maximum Gasteiger partial charge on any atom is 0.273 e. The first-order chi connectivity index (χ1) is 9.13. The van der Waals surface area contributed by atoms with E-state index in [0.29, 0.717) is 23.2 Å². The second-order valence-corrected chi connectivity index (χ2v) is 4.97. The van der Waals surface area contributed by atoms with Crippen molar-refractivity contribution in [1.82, 2.24) is 9.55 Å². The van der Waals surface area contributed by atoms with Gasteiger partial charge >= 0.3 is 0 Å². The van der Waals surface area contributed by atoms with Crippen LogP contribution in [0.2, 0.25) is 0 Å². The minimum Gasteiger partial charge on any atom is -0.397 e. The molecule has 5 nitrogen and oxygen atoms in total. The number of anilines is 2. The van der Waals surface area contributed by atoms with Gasteiger partial charge in [-0.2, -0.15) is 0 Å². The SMILES string of the molecule is Cc1ccc(NC(=O)c2cc(N)cn2C2CC2)nc1. The number of nitrogens with one attached hydrogen (secondary N) is 1. The number of pyridine rings is 1. The summed E-state index contributed by atoms with van der Waals surface area (Å²) in [4.78, 5) is 16.4. The van der Waals surface area contributed by atoms with E-state index in [1.54, 1.807) is 18.3 Å². The van der Waals surface area contributed by atoms with Gasteiger partial charge < -0.3 is 15.6 Å². The zero-order valence-corrected chi connectivity index (χ0v) is 10.8. The van der Waals surface area contributed by atoms with E-state index in [4.69, 9.17) is 5.73 Å². The fourth-order valence-corrected chi connectivity index (χ4v) is 2.06. The second kappa shape index (κ2) is 4.42. The van der Waals surface area contributed by atoms with Gasteiger partial charge in [-0.3, -0.25) is 4.79 Å². The predicted molar refractivity (Wildman–Crippen MR) is 74.0 cm³/mol. The Balaban J connectivity index is 1.82. The fraction of sp³-hybridized carbons (Fsp3) is 0.286. The summed E-state index contributed by atoms with van der Waals surface area (Å²) >= 11 is 0. The van der Waals surface area contributed by atoms with Gasteiger partial charge in [0.1, 0.15) is 11.5 Å². The first-order valence-corrected chi connectivity index (χ1v) is 6.35. The number of rotatable bonds is 3. The number of nitrogen functional groups attached to an aromatic ring is 1. The molecule has 1 aliphatic rings. The van der Waals surface area contributed by atoms with E-state index in [1.807, 2.05) is 23.8 Å². The topological polar surface area (TPSA) is 72.9 Å². The second-order valence-electron chi connectivity index (χ2n) is 4.97. The van der Waals surface area contributed by atoms with Gasteiger partial charge in [-0.1, -0.05) is 6.07 Å². The van der Waals surface area contributed by atoms with Crippen LogP contribution in [0.4, 0.5) is 11.5 Å². The van der Waals surface area contributed by atoms with E-state index in [0.717, 1.165) is 18.4 Å². The van der Waals surface area contributed by atoms with E-state index < -0.39 is 0 Å². The lowest BCUT2D eigenvalue weighted by Crippen LogP contribution is -2.17. The Hall–Kier alpha value is -2.30. The van der Waals surface area contributed by atoms with Crippen LogP contribution in [0.25, 0.3) is 0 Å². The average Bonchev–Trinajstić information content (AvgIpc) is 3.15. The van der Waals surface area contributed by atoms with Gasteiger partial charge in [-0.05, 0) is 37.5 Å². The van der Waals surface area contributed by atoms with Gasteiger partial charge in [0.15, 0.2) is 0 Å². The third-order valence-corrected chi connectivity index (χ3v) is 3.20. The summed E-state index contributed by atoms with van der Waals surface area (Å²) in [7, 11) is 0. The molecule has 0 bridgehead atoms. The standard InChI is InChI=1S/C14H16N4O/c1-9-2-5-13(16-7-9)17-14(19)12-6-10(15)8-18(12)11-3-4-11/h2,5-8,11H,3-4,15H2,1H3,(H,16,17,19). The normalized spacial score (nSPS) is 14.4. The summed E-state index contributed by atoms with van der Waals surface area (Å²) in [5.41, 5.74) is 8.06. The third kappa shape index (κ3) is 2.45. The molecule has 3 N–H and O–H groups in total. The first-order valence-electron chi connectivity index (χ1n) is 6.35. The van der Waals surface area contributed by atoms with Gasteiger partial charge in [-0.15, -0.1) is 0 Å². The van der Waals surface area contributed by atoms with Crippen molar-refractivity contribution in [3.63, 3.8) is 0 Å². The van der Waals surface area contributed by atoms with Crippen LogP contribution in [-0.2, 0) is 0 Å². The van der Waals surface area contributed by atoms with Gasteiger partial charge in [0.2, 0.25) is 0 Å². The van der Waals surface area contributed by atoms with Crippen molar-refractivity contribution < 1.29 is 4.79 Å². The van der Waals surface area contributed by atoms with Crippen LogP contribution >= 0.6 is 0 Å². The average molecular weight is 256 g/mol. The minimum absolute atomic E-state index is 0.167. The number of aromatic nitrogens is 2. The molecule has 0 atom stereocenters. The Kier molecular flexibility index (Phi) is 2.74. The van der Waals surface area contributed by atoms with Crippen molar-refractivity contribution >= 4 is 17.4 Å². The zero-order valence-electron chi connectivity index (χ0n) is 10.8. The number of nitrogens with zero attached hydrogens (tertiary/aromatic N) is 2. The number of nitrogens with two attached hydrogens (primary N) is 1. The molecule has 5 heteroatoms. The molecule has 0 spiro atoms. The lowest BCUT2D eigenvalue weighted by atomic mass is 10.3. The molecule has 1 saturated carbocycles. The molecule has 2 aromatic rings. The van der Waals surface area contributed by atoms with E-state index >= 15 is 0 Å². The zero-order chi connectivity index (χ0) is 13.4. The molecular formula is C14H16N4O. The molecule has 0 radical (unpaired) electrons. The molecular weight excluding hydrogens is 240 g/mol. The number of amides is 1. The third-order valence-electron chi connectivity index (χ3n) is 3.20. The highest BCUT2D eigenvalue weighted by molar-refractivity contribution is 6.03. The number of carbonyl (C=O) groups is 1. The van der Waals surface area contributed by atoms with Crippen molar-refractivity contribution in [2.45, 2.75) is 25.8 Å². The molecule has 19 heavy (non-hydrogen) atoms. The Morgan fingerprint density at radius 1 is 1.47 bits per heavy atom. The molecule has 1 aliphatic carbocycles. The van der Waals surface area contributed by atoms with E-state index in [2.05, 4.69) is 10.3 Å². The molecule has 2 heterocycles. The highest BCUT2D eigenvalue weighted by atomic mass is 16.2. The Morgan fingerprint density at radius 3 is 2.89 bits per heavy atom. The molecule has 0 saturated heterocycles. The van der Waals surface area contributed by atoms with Crippen molar-refractivity contribution in [3.8, 4) is 0 Å². The van der Waals surface area contributed by atoms with E-state index in [1.165, 1.54) is 0 Å². The van der Waals surface area contributed by atoms with Crippen LogP contribution in [-0.4, -0.2) is 15.5 Å². The highest BCUT2D eigenvalue weighted by Crippen LogP contribution is 2.37. The molecule has 3 rings (SSSR count). The quantitative estimate of drug-likeness (QED) is 0.885. The smallest absolute Gasteiger partial charge is 0.273 e. The van der Waals surface area contributed by atoms with Gasteiger partial charge in [-0.25, -0.2) is 4.98 Å². The molecule has 1 amide bonds. The molecule has 0 aromatic carbocycles. The number of aryl methyl sites for hydroxylation is 1. The Labute approximate surface area is 111 Å². The molecule has 0 unspecified atom stereocenters. The molecule has 98 valence electrons.